The summed E-state index contributed by atoms with van der Waals surface area (Å²) in [5.41, 5.74) is 0. The molecule has 0 aromatic heterocycles. The van der Waals surface area contributed by atoms with Gasteiger partial charge >= 0.3 is 0 Å². The van der Waals surface area contributed by atoms with Crippen LogP contribution in [0.5, 0.6) is 0 Å². The number of hydrogen-bond donors (Lipinski definition) is 0. The minimum absolute atomic E-state index is 0.513. The summed E-state index contributed by atoms with van der Waals surface area (Å²) in [6, 6.07) is 0. The lowest BCUT2D eigenvalue weighted by Gasteiger charge is -2.07. The second-order valence-electron chi connectivity index (χ2n) is 2.62. The van der Waals surface area contributed by atoms with Gasteiger partial charge in [0.25, 0.3) is 0 Å². The summed E-state index contributed by atoms with van der Waals surface area (Å²) in [5.74, 6) is 0. The second kappa shape index (κ2) is 11.3. The molecular weight excluding hydrogens is 172 g/mol. The fraction of sp³-hybridized carbons (Fsp3) is 0.778. The summed E-state index contributed by atoms with van der Waals surface area (Å²) >= 11 is 0. The van der Waals surface area contributed by atoms with E-state index >= 15 is 0 Å². The van der Waals surface area contributed by atoms with E-state index in [1.54, 1.807) is 0 Å². The van der Waals surface area contributed by atoms with Crippen molar-refractivity contribution in [3.8, 4) is 0 Å². The van der Waals surface area contributed by atoms with E-state index in [1.165, 1.54) is 0 Å². The third kappa shape index (κ3) is 11.3. The van der Waals surface area contributed by atoms with Gasteiger partial charge in [-0.3, -0.25) is 0 Å². The third-order valence-electron chi connectivity index (χ3n) is 1.43. The monoisotopic (exact) mass is 188 g/mol. The van der Waals surface area contributed by atoms with E-state index < -0.39 is 0 Å². The standard InChI is InChI=1S/C5H8O2.C4H8O2/c6-4-2-1-3-5-7;1-2-4-6-5-3-1/h4-5H,1-3H2;1-4H2. The Bertz CT molecular complexity index is 101. The van der Waals surface area contributed by atoms with Crippen molar-refractivity contribution >= 4 is 12.6 Å². The highest BCUT2D eigenvalue weighted by Crippen LogP contribution is 1.97. The van der Waals surface area contributed by atoms with Gasteiger partial charge in [-0.25, -0.2) is 9.78 Å². The zero-order valence-corrected chi connectivity index (χ0v) is 7.74. The maximum absolute atomic E-state index is 9.56. The van der Waals surface area contributed by atoms with Crippen molar-refractivity contribution in [2.45, 2.75) is 32.1 Å². The fourth-order valence-electron chi connectivity index (χ4n) is 0.724. The zero-order valence-electron chi connectivity index (χ0n) is 7.74. The smallest absolute Gasteiger partial charge is 0.120 e. The molecule has 1 rings (SSSR count). The first-order chi connectivity index (χ1) is 6.41. The Morgan fingerprint density at radius 3 is 1.62 bits per heavy atom. The average molecular weight is 188 g/mol. The van der Waals surface area contributed by atoms with E-state index in [1.807, 2.05) is 0 Å². The Morgan fingerprint density at radius 1 is 0.923 bits per heavy atom. The highest BCUT2D eigenvalue weighted by molar-refractivity contribution is 5.52. The molecule has 1 aliphatic heterocycles. The number of carbonyl (C=O) groups is 2. The van der Waals surface area contributed by atoms with Crippen LogP contribution in [0.4, 0.5) is 0 Å². The van der Waals surface area contributed by atoms with Gasteiger partial charge < -0.3 is 9.59 Å². The minimum Gasteiger partial charge on any atom is -0.303 e. The topological polar surface area (TPSA) is 52.6 Å². The van der Waals surface area contributed by atoms with Crippen LogP contribution in [0.25, 0.3) is 0 Å². The highest BCUT2D eigenvalue weighted by Gasteiger charge is 1.95. The Hall–Kier alpha value is -0.740. The lowest BCUT2D eigenvalue weighted by atomic mass is 10.3. The van der Waals surface area contributed by atoms with E-state index in [0.29, 0.717) is 19.3 Å². The molecule has 0 bridgehead atoms. The van der Waals surface area contributed by atoms with Gasteiger partial charge in [0.15, 0.2) is 0 Å². The maximum Gasteiger partial charge on any atom is 0.120 e. The van der Waals surface area contributed by atoms with E-state index in [0.717, 1.165) is 38.6 Å². The van der Waals surface area contributed by atoms with Crippen LogP contribution in [0.15, 0.2) is 0 Å². The Balaban J connectivity index is 0.000000223. The first-order valence-corrected chi connectivity index (χ1v) is 4.53. The quantitative estimate of drug-likeness (QED) is 0.379. The van der Waals surface area contributed by atoms with Gasteiger partial charge in [0.1, 0.15) is 12.6 Å². The third-order valence-corrected chi connectivity index (χ3v) is 1.43. The Labute approximate surface area is 78.1 Å². The van der Waals surface area contributed by atoms with Gasteiger partial charge in [0.2, 0.25) is 0 Å². The summed E-state index contributed by atoms with van der Waals surface area (Å²) in [6.45, 7) is 1.56. The van der Waals surface area contributed by atoms with E-state index in [2.05, 4.69) is 9.78 Å². The molecule has 4 heteroatoms. The lowest BCUT2D eigenvalue weighted by Crippen LogP contribution is -2.05. The molecular formula is C9H16O4. The van der Waals surface area contributed by atoms with Crippen molar-refractivity contribution in [3.63, 3.8) is 0 Å². The molecule has 0 saturated carbocycles. The molecule has 1 heterocycles. The van der Waals surface area contributed by atoms with E-state index in [9.17, 15) is 9.59 Å². The van der Waals surface area contributed by atoms with Crippen LogP contribution in [0, 0.1) is 0 Å². The summed E-state index contributed by atoms with van der Waals surface area (Å²) in [6.07, 6.45) is 5.68. The van der Waals surface area contributed by atoms with Gasteiger partial charge in [-0.15, -0.1) is 0 Å². The molecule has 1 saturated heterocycles. The fourth-order valence-corrected chi connectivity index (χ4v) is 0.724. The van der Waals surface area contributed by atoms with Crippen LogP contribution < -0.4 is 0 Å². The predicted octanol–water partition coefficient (Wildman–Crippen LogP) is 1.28. The molecule has 4 nitrogen and oxygen atoms in total. The van der Waals surface area contributed by atoms with Crippen molar-refractivity contribution in [1.29, 1.82) is 0 Å². The summed E-state index contributed by atoms with van der Waals surface area (Å²) in [7, 11) is 0. The summed E-state index contributed by atoms with van der Waals surface area (Å²) in [5, 5.41) is 0. The van der Waals surface area contributed by atoms with E-state index in [-0.39, 0.29) is 0 Å². The van der Waals surface area contributed by atoms with Crippen molar-refractivity contribution < 1.29 is 19.4 Å². The second-order valence-corrected chi connectivity index (χ2v) is 2.62. The van der Waals surface area contributed by atoms with Gasteiger partial charge in [-0.05, 0) is 19.3 Å². The van der Waals surface area contributed by atoms with Crippen molar-refractivity contribution in [2.24, 2.45) is 0 Å². The average Bonchev–Trinajstić information content (AvgIpc) is 2.22. The van der Waals surface area contributed by atoms with E-state index in [4.69, 9.17) is 0 Å². The number of carbonyl (C=O) groups excluding carboxylic acids is 2. The highest BCUT2D eigenvalue weighted by atomic mass is 17.2. The molecule has 0 amide bonds. The van der Waals surface area contributed by atoms with Crippen LogP contribution in [0.1, 0.15) is 32.1 Å². The summed E-state index contributed by atoms with van der Waals surface area (Å²) in [4.78, 5) is 28.3. The first kappa shape index (κ1) is 12.3. The largest absolute Gasteiger partial charge is 0.303 e. The molecule has 0 unspecified atom stereocenters. The molecule has 76 valence electrons. The SMILES string of the molecule is C1CCOOC1.O=CCCCC=O. The number of aldehydes is 2. The molecule has 0 atom stereocenters. The van der Waals surface area contributed by atoms with Crippen LogP contribution in [0.2, 0.25) is 0 Å². The van der Waals surface area contributed by atoms with Crippen LogP contribution in [-0.4, -0.2) is 25.8 Å². The molecule has 1 fully saturated rings. The summed E-state index contributed by atoms with van der Waals surface area (Å²) < 4.78 is 0. The van der Waals surface area contributed by atoms with Crippen LogP contribution in [0.3, 0.4) is 0 Å². The molecule has 0 spiro atoms. The van der Waals surface area contributed by atoms with Crippen molar-refractivity contribution in [3.05, 3.63) is 0 Å². The molecule has 13 heavy (non-hydrogen) atoms. The van der Waals surface area contributed by atoms with Crippen molar-refractivity contribution in [1.82, 2.24) is 0 Å². The predicted molar refractivity (Wildman–Crippen MR) is 47.1 cm³/mol. The number of rotatable bonds is 4. The normalized spacial score (nSPS) is 15.4. The molecule has 1 aliphatic rings. The molecule has 0 aromatic carbocycles. The van der Waals surface area contributed by atoms with Crippen LogP contribution in [-0.2, 0) is 19.4 Å². The number of unbranched alkanes of at least 4 members (excludes halogenated alkanes) is 2. The van der Waals surface area contributed by atoms with Gasteiger partial charge in [-0.2, -0.15) is 0 Å². The lowest BCUT2D eigenvalue weighted by molar-refractivity contribution is -0.312. The maximum atomic E-state index is 9.56. The number of hydrogen-bond acceptors (Lipinski definition) is 4. The molecule has 0 aliphatic carbocycles. The zero-order chi connectivity index (χ0) is 9.78. The van der Waals surface area contributed by atoms with Crippen LogP contribution >= 0.6 is 0 Å². The van der Waals surface area contributed by atoms with Crippen molar-refractivity contribution in [2.75, 3.05) is 13.2 Å². The molecule has 0 N–H and O–H groups in total. The Morgan fingerprint density at radius 2 is 1.38 bits per heavy atom. The Kier molecular flexibility index (Phi) is 10.6. The minimum atomic E-state index is 0.513. The first-order valence-electron chi connectivity index (χ1n) is 4.53. The van der Waals surface area contributed by atoms with Gasteiger partial charge in [0.05, 0.1) is 13.2 Å². The molecule has 0 radical (unpaired) electrons. The van der Waals surface area contributed by atoms with Gasteiger partial charge in [-0.1, -0.05) is 0 Å². The molecule has 0 aromatic rings. The van der Waals surface area contributed by atoms with Gasteiger partial charge in [0, 0.05) is 12.8 Å².